The third-order valence-corrected chi connectivity index (χ3v) is 3.56. The fraction of sp³-hybridized carbons (Fsp3) is 0.500. The van der Waals surface area contributed by atoms with Gasteiger partial charge in [0.1, 0.15) is 6.10 Å². The van der Waals surface area contributed by atoms with Crippen molar-refractivity contribution >= 4 is 15.9 Å². The first-order valence-corrected chi connectivity index (χ1v) is 6.20. The molecular weight excluding hydrogens is 270 g/mol. The minimum Gasteiger partial charge on any atom is -0.493 e. The Morgan fingerprint density at radius 2 is 2.12 bits per heavy atom. The van der Waals surface area contributed by atoms with Gasteiger partial charge in [-0.3, -0.25) is 0 Å². The van der Waals surface area contributed by atoms with Gasteiger partial charge in [0.15, 0.2) is 11.5 Å². The topological polar surface area (TPSA) is 30.5 Å². The lowest BCUT2D eigenvalue weighted by Gasteiger charge is -2.35. The van der Waals surface area contributed by atoms with Crippen LogP contribution < -0.4 is 14.8 Å². The number of rotatable bonds is 4. The van der Waals surface area contributed by atoms with E-state index in [1.54, 1.807) is 7.11 Å². The van der Waals surface area contributed by atoms with E-state index in [1.165, 1.54) is 0 Å². The van der Waals surface area contributed by atoms with Crippen molar-refractivity contribution in [3.63, 3.8) is 0 Å². The molecule has 0 saturated heterocycles. The van der Waals surface area contributed by atoms with Crippen molar-refractivity contribution in [3.8, 4) is 11.5 Å². The molecule has 1 N–H and O–H groups in total. The number of ether oxygens (including phenoxy) is 2. The van der Waals surface area contributed by atoms with Gasteiger partial charge in [0.25, 0.3) is 0 Å². The van der Waals surface area contributed by atoms with Crippen LogP contribution in [-0.4, -0.2) is 26.3 Å². The van der Waals surface area contributed by atoms with Crippen LogP contribution in [0.5, 0.6) is 11.5 Å². The first kappa shape index (κ1) is 11.7. The van der Waals surface area contributed by atoms with Gasteiger partial charge in [0, 0.05) is 6.04 Å². The van der Waals surface area contributed by atoms with E-state index in [0.29, 0.717) is 12.1 Å². The Labute approximate surface area is 104 Å². The Hall–Kier alpha value is -0.740. The molecule has 0 aromatic heterocycles. The van der Waals surface area contributed by atoms with Gasteiger partial charge in [0.05, 0.1) is 11.6 Å². The molecule has 1 aromatic carbocycles. The molecule has 1 aromatic rings. The van der Waals surface area contributed by atoms with E-state index in [1.807, 2.05) is 25.2 Å². The lowest BCUT2D eigenvalue weighted by atomic mass is 9.89. The Morgan fingerprint density at radius 1 is 1.38 bits per heavy atom. The first-order chi connectivity index (χ1) is 7.74. The molecule has 0 unspecified atom stereocenters. The number of hydrogen-bond acceptors (Lipinski definition) is 3. The fourth-order valence-corrected chi connectivity index (χ4v) is 2.27. The summed E-state index contributed by atoms with van der Waals surface area (Å²) in [5.74, 6) is 1.59. The van der Waals surface area contributed by atoms with Crippen molar-refractivity contribution < 1.29 is 9.47 Å². The molecule has 0 amide bonds. The highest BCUT2D eigenvalue weighted by Crippen LogP contribution is 2.38. The number of benzene rings is 1. The van der Waals surface area contributed by atoms with Crippen LogP contribution in [0.2, 0.25) is 0 Å². The van der Waals surface area contributed by atoms with Crippen LogP contribution in [0.25, 0.3) is 0 Å². The van der Waals surface area contributed by atoms with E-state index < -0.39 is 0 Å². The minimum atomic E-state index is 0.296. The Bertz CT molecular complexity index is 364. The van der Waals surface area contributed by atoms with E-state index in [2.05, 4.69) is 21.2 Å². The number of nitrogens with one attached hydrogen (secondary N) is 1. The van der Waals surface area contributed by atoms with E-state index in [-0.39, 0.29) is 0 Å². The van der Waals surface area contributed by atoms with E-state index in [9.17, 15) is 0 Å². The summed E-state index contributed by atoms with van der Waals surface area (Å²) in [7, 11) is 3.64. The van der Waals surface area contributed by atoms with Crippen LogP contribution >= 0.6 is 15.9 Å². The van der Waals surface area contributed by atoms with Gasteiger partial charge in [-0.25, -0.2) is 0 Å². The van der Waals surface area contributed by atoms with E-state index >= 15 is 0 Å². The van der Waals surface area contributed by atoms with Crippen LogP contribution in [0.1, 0.15) is 12.8 Å². The molecule has 4 heteroatoms. The van der Waals surface area contributed by atoms with Gasteiger partial charge in [-0.05, 0) is 48.0 Å². The number of hydrogen-bond donors (Lipinski definition) is 1. The molecule has 16 heavy (non-hydrogen) atoms. The summed E-state index contributed by atoms with van der Waals surface area (Å²) >= 11 is 3.48. The largest absolute Gasteiger partial charge is 0.493 e. The summed E-state index contributed by atoms with van der Waals surface area (Å²) in [5.41, 5.74) is 0. The maximum absolute atomic E-state index is 5.92. The summed E-state index contributed by atoms with van der Waals surface area (Å²) in [4.78, 5) is 0. The highest BCUT2D eigenvalue weighted by atomic mass is 79.9. The van der Waals surface area contributed by atoms with Gasteiger partial charge in [-0.15, -0.1) is 0 Å². The van der Waals surface area contributed by atoms with Crippen molar-refractivity contribution in [1.29, 1.82) is 0 Å². The molecule has 1 aliphatic carbocycles. The zero-order chi connectivity index (χ0) is 11.5. The maximum Gasteiger partial charge on any atom is 0.175 e. The summed E-state index contributed by atoms with van der Waals surface area (Å²) in [6, 6.07) is 6.41. The molecule has 2 rings (SSSR count). The second-order valence-electron chi connectivity index (χ2n) is 3.97. The molecule has 88 valence electrons. The maximum atomic E-state index is 5.92. The lowest BCUT2D eigenvalue weighted by molar-refractivity contribution is 0.0846. The Balaban J connectivity index is 2.04. The van der Waals surface area contributed by atoms with Crippen LogP contribution in [0.15, 0.2) is 22.7 Å². The van der Waals surface area contributed by atoms with Gasteiger partial charge in [-0.1, -0.05) is 6.07 Å². The van der Waals surface area contributed by atoms with Gasteiger partial charge >= 0.3 is 0 Å². The summed E-state index contributed by atoms with van der Waals surface area (Å²) in [6.45, 7) is 0. The predicted octanol–water partition coefficient (Wildman–Crippen LogP) is 2.59. The summed E-state index contributed by atoms with van der Waals surface area (Å²) < 4.78 is 12.1. The number of halogens is 1. The van der Waals surface area contributed by atoms with Gasteiger partial charge in [0.2, 0.25) is 0 Å². The molecule has 0 spiro atoms. The molecule has 0 radical (unpaired) electrons. The van der Waals surface area contributed by atoms with Crippen LogP contribution in [0.4, 0.5) is 0 Å². The van der Waals surface area contributed by atoms with Gasteiger partial charge in [-0.2, -0.15) is 0 Å². The van der Waals surface area contributed by atoms with Crippen LogP contribution in [0, 0.1) is 0 Å². The predicted molar refractivity (Wildman–Crippen MR) is 67.2 cm³/mol. The van der Waals surface area contributed by atoms with Crippen LogP contribution in [0.3, 0.4) is 0 Å². The number of methoxy groups -OCH3 is 1. The average molecular weight is 286 g/mol. The molecular formula is C12H16BrNO2. The monoisotopic (exact) mass is 285 g/mol. The van der Waals surface area contributed by atoms with Crippen molar-refractivity contribution in [2.24, 2.45) is 0 Å². The third kappa shape index (κ3) is 2.33. The number of para-hydroxylation sites is 1. The van der Waals surface area contributed by atoms with Crippen molar-refractivity contribution in [2.75, 3.05) is 14.2 Å². The Morgan fingerprint density at radius 3 is 2.75 bits per heavy atom. The van der Waals surface area contributed by atoms with Gasteiger partial charge < -0.3 is 14.8 Å². The van der Waals surface area contributed by atoms with Crippen molar-refractivity contribution in [1.82, 2.24) is 5.32 Å². The van der Waals surface area contributed by atoms with Crippen molar-refractivity contribution in [2.45, 2.75) is 25.0 Å². The lowest BCUT2D eigenvalue weighted by Crippen LogP contribution is -2.45. The highest BCUT2D eigenvalue weighted by Gasteiger charge is 2.30. The van der Waals surface area contributed by atoms with Crippen molar-refractivity contribution in [3.05, 3.63) is 22.7 Å². The molecule has 1 saturated carbocycles. The third-order valence-electron chi connectivity index (χ3n) is 2.94. The molecule has 1 aliphatic rings. The molecule has 0 atom stereocenters. The molecule has 3 nitrogen and oxygen atoms in total. The second-order valence-corrected chi connectivity index (χ2v) is 4.82. The quantitative estimate of drug-likeness (QED) is 0.923. The van der Waals surface area contributed by atoms with E-state index in [4.69, 9.17) is 9.47 Å². The molecule has 1 fully saturated rings. The average Bonchev–Trinajstić information content (AvgIpc) is 2.24. The minimum absolute atomic E-state index is 0.296. The fourth-order valence-electron chi connectivity index (χ4n) is 1.83. The molecule has 0 bridgehead atoms. The first-order valence-electron chi connectivity index (χ1n) is 5.41. The summed E-state index contributed by atoms with van der Waals surface area (Å²) in [5, 5.41) is 3.24. The normalized spacial score (nSPS) is 23.7. The Kier molecular flexibility index (Phi) is 3.71. The highest BCUT2D eigenvalue weighted by molar-refractivity contribution is 9.10. The second kappa shape index (κ2) is 5.06. The standard InChI is InChI=1S/C12H16BrNO2/c1-14-8-6-9(7-8)16-12-10(13)4-3-5-11(12)15-2/h3-5,8-9,14H,6-7H2,1-2H3. The molecule has 0 aliphatic heterocycles. The zero-order valence-corrected chi connectivity index (χ0v) is 11.1. The zero-order valence-electron chi connectivity index (χ0n) is 9.50. The SMILES string of the molecule is CNC1CC(Oc2c(Br)cccc2OC)C1. The van der Waals surface area contributed by atoms with E-state index in [0.717, 1.165) is 28.8 Å². The van der Waals surface area contributed by atoms with Crippen LogP contribution in [-0.2, 0) is 0 Å². The smallest absolute Gasteiger partial charge is 0.175 e. The summed E-state index contributed by atoms with van der Waals surface area (Å²) in [6.07, 6.45) is 2.41. The molecule has 0 heterocycles.